The molecule has 0 spiro atoms. The van der Waals surface area contributed by atoms with E-state index in [9.17, 15) is 9.59 Å². The molecular formula is C22H18N2O5. The molecule has 2 aliphatic heterocycles. The van der Waals surface area contributed by atoms with Crippen molar-refractivity contribution in [3.8, 4) is 11.5 Å². The van der Waals surface area contributed by atoms with Gasteiger partial charge in [-0.2, -0.15) is 0 Å². The maximum atomic E-state index is 12.7. The number of para-hydroxylation sites is 2. The monoisotopic (exact) mass is 390 g/mol. The Bertz CT molecular complexity index is 1080. The molecular weight excluding hydrogens is 372 g/mol. The lowest BCUT2D eigenvalue weighted by atomic mass is 10.1. The van der Waals surface area contributed by atoms with E-state index < -0.39 is 6.10 Å². The smallest absolute Gasteiger partial charge is 0.293 e. The summed E-state index contributed by atoms with van der Waals surface area (Å²) in [5.74, 6) is 0.960. The summed E-state index contributed by atoms with van der Waals surface area (Å²) in [6.07, 6.45) is 1.48. The van der Waals surface area contributed by atoms with Crippen molar-refractivity contribution < 1.29 is 23.5 Å². The number of furan rings is 1. The van der Waals surface area contributed by atoms with E-state index in [0.717, 1.165) is 17.7 Å². The quantitative estimate of drug-likeness (QED) is 0.742. The number of rotatable bonds is 3. The number of anilines is 2. The normalized spacial score (nSPS) is 17.0. The standard InChI is InChI=1S/C22H18N2O5/c25-21(20-13-28-17-4-1-2-5-18(17)29-20)23-15-8-7-14-9-10-24(16(14)12-15)22(26)19-6-3-11-27-19/h1-8,11-12,20H,9-10,13H2,(H,23,25). The third-order valence-electron chi connectivity index (χ3n) is 5.03. The highest BCUT2D eigenvalue weighted by atomic mass is 16.6. The average Bonchev–Trinajstić information content (AvgIpc) is 3.43. The second-order valence-electron chi connectivity index (χ2n) is 6.88. The van der Waals surface area contributed by atoms with Crippen molar-refractivity contribution in [3.63, 3.8) is 0 Å². The molecule has 1 unspecified atom stereocenters. The zero-order valence-electron chi connectivity index (χ0n) is 15.5. The maximum Gasteiger partial charge on any atom is 0.293 e. The van der Waals surface area contributed by atoms with Gasteiger partial charge in [0.05, 0.1) is 6.26 Å². The third-order valence-corrected chi connectivity index (χ3v) is 5.03. The fourth-order valence-electron chi connectivity index (χ4n) is 3.57. The van der Waals surface area contributed by atoms with Gasteiger partial charge in [0.15, 0.2) is 17.3 Å². The number of hydrogen-bond acceptors (Lipinski definition) is 5. The minimum absolute atomic E-state index is 0.136. The number of benzene rings is 2. The Balaban J connectivity index is 1.32. The number of carbonyl (C=O) groups excluding carboxylic acids is 2. The van der Waals surface area contributed by atoms with E-state index in [1.165, 1.54) is 6.26 Å². The molecule has 29 heavy (non-hydrogen) atoms. The van der Waals surface area contributed by atoms with E-state index in [0.29, 0.717) is 29.5 Å². The number of ether oxygens (including phenoxy) is 2. The first-order chi connectivity index (χ1) is 14.2. The highest BCUT2D eigenvalue weighted by Gasteiger charge is 2.29. The van der Waals surface area contributed by atoms with E-state index in [1.807, 2.05) is 24.3 Å². The van der Waals surface area contributed by atoms with Crippen LogP contribution in [0.2, 0.25) is 0 Å². The third kappa shape index (κ3) is 3.20. The number of carbonyl (C=O) groups is 2. The Kier molecular flexibility index (Phi) is 4.20. The number of hydrogen-bond donors (Lipinski definition) is 1. The van der Waals surface area contributed by atoms with Gasteiger partial charge in [0.1, 0.15) is 6.61 Å². The van der Waals surface area contributed by atoms with Crippen LogP contribution >= 0.6 is 0 Å². The molecule has 5 rings (SSSR count). The van der Waals surface area contributed by atoms with Gasteiger partial charge in [0, 0.05) is 17.9 Å². The molecule has 2 aliphatic rings. The Morgan fingerprint density at radius 2 is 1.90 bits per heavy atom. The molecule has 0 saturated carbocycles. The summed E-state index contributed by atoms with van der Waals surface area (Å²) in [6, 6.07) is 16.1. The highest BCUT2D eigenvalue weighted by Crippen LogP contribution is 2.33. The molecule has 0 radical (unpaired) electrons. The number of amides is 2. The van der Waals surface area contributed by atoms with Crippen LogP contribution in [0, 0.1) is 0 Å². The Morgan fingerprint density at radius 3 is 2.72 bits per heavy atom. The van der Waals surface area contributed by atoms with Crippen LogP contribution in [0.25, 0.3) is 0 Å². The van der Waals surface area contributed by atoms with Crippen molar-refractivity contribution in [1.29, 1.82) is 0 Å². The van der Waals surface area contributed by atoms with E-state index >= 15 is 0 Å². The zero-order chi connectivity index (χ0) is 19.8. The molecule has 146 valence electrons. The van der Waals surface area contributed by atoms with Gasteiger partial charge in [-0.1, -0.05) is 18.2 Å². The highest BCUT2D eigenvalue weighted by molar-refractivity contribution is 6.06. The summed E-state index contributed by atoms with van der Waals surface area (Å²) < 4.78 is 16.6. The molecule has 0 saturated heterocycles. The predicted molar refractivity (Wildman–Crippen MR) is 106 cm³/mol. The van der Waals surface area contributed by atoms with Gasteiger partial charge in [-0.05, 0) is 48.4 Å². The molecule has 0 bridgehead atoms. The maximum absolute atomic E-state index is 12.7. The van der Waals surface area contributed by atoms with Crippen LogP contribution in [-0.4, -0.2) is 31.1 Å². The van der Waals surface area contributed by atoms with E-state index in [1.54, 1.807) is 35.2 Å². The largest absolute Gasteiger partial charge is 0.485 e. The van der Waals surface area contributed by atoms with Crippen molar-refractivity contribution in [2.75, 3.05) is 23.4 Å². The lowest BCUT2D eigenvalue weighted by Gasteiger charge is -2.25. The SMILES string of the molecule is O=C(Nc1ccc2c(c1)N(C(=O)c1ccco1)CC2)C1COc2ccccc2O1. The Morgan fingerprint density at radius 1 is 1.03 bits per heavy atom. The minimum Gasteiger partial charge on any atom is -0.485 e. The summed E-state index contributed by atoms with van der Waals surface area (Å²) in [5, 5.41) is 2.86. The summed E-state index contributed by atoms with van der Waals surface area (Å²) in [6.45, 7) is 0.708. The summed E-state index contributed by atoms with van der Waals surface area (Å²) in [4.78, 5) is 27.0. The lowest BCUT2D eigenvalue weighted by Crippen LogP contribution is -2.40. The minimum atomic E-state index is -0.751. The topological polar surface area (TPSA) is 81.0 Å². The van der Waals surface area contributed by atoms with Crippen molar-refractivity contribution in [2.24, 2.45) is 0 Å². The molecule has 7 heteroatoms. The van der Waals surface area contributed by atoms with Crippen LogP contribution in [0.4, 0.5) is 11.4 Å². The molecule has 2 aromatic carbocycles. The first-order valence-electron chi connectivity index (χ1n) is 9.37. The molecule has 1 aromatic heterocycles. The molecule has 7 nitrogen and oxygen atoms in total. The number of nitrogens with one attached hydrogen (secondary N) is 1. The van der Waals surface area contributed by atoms with Crippen LogP contribution in [0.5, 0.6) is 11.5 Å². The molecule has 0 aliphatic carbocycles. The predicted octanol–water partition coefficient (Wildman–Crippen LogP) is 3.26. The summed E-state index contributed by atoms with van der Waals surface area (Å²) >= 11 is 0. The lowest BCUT2D eigenvalue weighted by molar-refractivity contribution is -0.125. The average molecular weight is 390 g/mol. The van der Waals surface area contributed by atoms with E-state index in [-0.39, 0.29) is 18.4 Å². The summed E-state index contributed by atoms with van der Waals surface area (Å²) in [5.41, 5.74) is 2.42. The van der Waals surface area contributed by atoms with Gasteiger partial charge >= 0.3 is 0 Å². The van der Waals surface area contributed by atoms with Gasteiger partial charge in [-0.3, -0.25) is 9.59 Å². The number of fused-ring (bicyclic) bond motifs is 2. The fraction of sp³-hybridized carbons (Fsp3) is 0.182. The van der Waals surface area contributed by atoms with Crippen molar-refractivity contribution in [3.05, 3.63) is 72.2 Å². The van der Waals surface area contributed by atoms with E-state index in [4.69, 9.17) is 13.9 Å². The van der Waals surface area contributed by atoms with Crippen LogP contribution < -0.4 is 19.7 Å². The van der Waals surface area contributed by atoms with Gasteiger partial charge < -0.3 is 24.1 Å². The molecule has 3 heterocycles. The Hall–Kier alpha value is -3.74. The van der Waals surface area contributed by atoms with Crippen molar-refractivity contribution >= 4 is 23.2 Å². The zero-order valence-corrected chi connectivity index (χ0v) is 15.5. The van der Waals surface area contributed by atoms with Gasteiger partial charge in [0.2, 0.25) is 6.10 Å². The molecule has 2 amide bonds. The molecule has 3 aromatic rings. The van der Waals surface area contributed by atoms with Crippen LogP contribution in [0.1, 0.15) is 16.1 Å². The van der Waals surface area contributed by atoms with Crippen LogP contribution in [0.3, 0.4) is 0 Å². The first-order valence-corrected chi connectivity index (χ1v) is 9.37. The fourth-order valence-corrected chi connectivity index (χ4v) is 3.57. The Labute approximate surface area is 166 Å². The summed E-state index contributed by atoms with van der Waals surface area (Å²) in [7, 11) is 0. The van der Waals surface area contributed by atoms with Crippen molar-refractivity contribution in [1.82, 2.24) is 0 Å². The molecule has 1 atom stereocenters. The van der Waals surface area contributed by atoms with Crippen LogP contribution in [-0.2, 0) is 11.2 Å². The second kappa shape index (κ2) is 7.01. The van der Waals surface area contributed by atoms with Crippen molar-refractivity contribution in [2.45, 2.75) is 12.5 Å². The second-order valence-corrected chi connectivity index (χ2v) is 6.88. The van der Waals surface area contributed by atoms with Crippen LogP contribution in [0.15, 0.2) is 65.3 Å². The molecule has 1 N–H and O–H groups in total. The van der Waals surface area contributed by atoms with Gasteiger partial charge in [-0.15, -0.1) is 0 Å². The first kappa shape index (κ1) is 17.4. The molecule has 0 fully saturated rings. The number of nitrogens with zero attached hydrogens (tertiary/aromatic N) is 1. The van der Waals surface area contributed by atoms with E-state index in [2.05, 4.69) is 5.32 Å². The van der Waals surface area contributed by atoms with Gasteiger partial charge in [-0.25, -0.2) is 0 Å². The van der Waals surface area contributed by atoms with Gasteiger partial charge in [0.25, 0.3) is 11.8 Å².